The fourth-order valence-electron chi connectivity index (χ4n) is 2.11. The van der Waals surface area contributed by atoms with Gasteiger partial charge in [0.05, 0.1) is 12.2 Å². The summed E-state index contributed by atoms with van der Waals surface area (Å²) in [5, 5.41) is 0. The molecule has 1 aliphatic heterocycles. The molecule has 0 aliphatic carbocycles. The molecule has 90 valence electrons. The van der Waals surface area contributed by atoms with Crippen LogP contribution >= 0.6 is 0 Å². The van der Waals surface area contributed by atoms with Gasteiger partial charge in [-0.05, 0) is 35.4 Å². The number of hydrogen-bond donors (Lipinski definition) is 0. The van der Waals surface area contributed by atoms with E-state index in [9.17, 15) is 9.18 Å². The monoisotopic (exact) mass is 242 g/mol. The van der Waals surface area contributed by atoms with Crippen molar-refractivity contribution in [3.63, 3.8) is 0 Å². The lowest BCUT2D eigenvalue weighted by Crippen LogP contribution is -2.15. The van der Waals surface area contributed by atoms with Crippen molar-refractivity contribution in [1.29, 1.82) is 0 Å². The fraction of sp³-hybridized carbons (Fsp3) is 0.133. The average molecular weight is 242 g/mol. The normalized spacial score (nSPS) is 13.9. The maximum absolute atomic E-state index is 13.2. The van der Waals surface area contributed by atoms with Crippen molar-refractivity contribution in [3.05, 3.63) is 53.8 Å². The third-order valence-corrected chi connectivity index (χ3v) is 3.03. The largest absolute Gasteiger partial charge is 0.492 e. The van der Waals surface area contributed by atoms with Gasteiger partial charge in [0, 0.05) is 6.42 Å². The van der Waals surface area contributed by atoms with Crippen LogP contribution in [0.25, 0.3) is 11.1 Å². The van der Waals surface area contributed by atoms with Gasteiger partial charge in [-0.25, -0.2) is 4.39 Å². The molecule has 0 radical (unpaired) electrons. The number of ketones is 1. The Bertz CT molecular complexity index is 620. The number of Topliss-reactive ketones (excluding diaryl/α,β-unsaturated/α-hetero) is 1. The number of rotatable bonds is 1. The van der Waals surface area contributed by atoms with E-state index in [4.69, 9.17) is 4.74 Å². The number of carbonyl (C=O) groups excluding carboxylic acids is 1. The molecule has 2 nitrogen and oxygen atoms in total. The molecule has 0 bridgehead atoms. The zero-order valence-corrected chi connectivity index (χ0v) is 9.65. The van der Waals surface area contributed by atoms with Crippen LogP contribution in [-0.4, -0.2) is 12.4 Å². The van der Waals surface area contributed by atoms with Crippen molar-refractivity contribution in [2.24, 2.45) is 0 Å². The Hall–Kier alpha value is -2.16. The predicted octanol–water partition coefficient (Wildman–Crippen LogP) is 3.46. The van der Waals surface area contributed by atoms with Gasteiger partial charge in [-0.15, -0.1) is 0 Å². The van der Waals surface area contributed by atoms with Gasteiger partial charge in [-0.1, -0.05) is 18.2 Å². The van der Waals surface area contributed by atoms with Crippen molar-refractivity contribution in [1.82, 2.24) is 0 Å². The van der Waals surface area contributed by atoms with Crippen molar-refractivity contribution in [2.75, 3.05) is 6.61 Å². The number of ether oxygens (including phenoxy) is 1. The van der Waals surface area contributed by atoms with E-state index in [1.807, 2.05) is 12.1 Å². The molecule has 1 heterocycles. The minimum absolute atomic E-state index is 0.0991. The first-order valence-electron chi connectivity index (χ1n) is 5.80. The lowest BCUT2D eigenvalue weighted by molar-refractivity contribution is 0.0933. The Morgan fingerprint density at radius 3 is 2.72 bits per heavy atom. The van der Waals surface area contributed by atoms with Crippen LogP contribution < -0.4 is 4.74 Å². The minimum atomic E-state index is -0.276. The van der Waals surface area contributed by atoms with Crippen LogP contribution in [-0.2, 0) is 0 Å². The smallest absolute Gasteiger partial charge is 0.169 e. The van der Waals surface area contributed by atoms with Crippen LogP contribution in [0.15, 0.2) is 42.5 Å². The zero-order chi connectivity index (χ0) is 12.5. The molecule has 2 aromatic carbocycles. The van der Waals surface area contributed by atoms with Gasteiger partial charge in [0.1, 0.15) is 11.6 Å². The molecule has 3 rings (SSSR count). The van der Waals surface area contributed by atoms with Crippen LogP contribution in [0.3, 0.4) is 0 Å². The lowest BCUT2D eigenvalue weighted by atomic mass is 9.99. The fourth-order valence-corrected chi connectivity index (χ4v) is 2.11. The Labute approximate surface area is 104 Å². The second-order valence-corrected chi connectivity index (χ2v) is 4.24. The Morgan fingerprint density at radius 2 is 1.89 bits per heavy atom. The third-order valence-electron chi connectivity index (χ3n) is 3.03. The summed E-state index contributed by atoms with van der Waals surface area (Å²) in [6.07, 6.45) is 0.423. The zero-order valence-electron chi connectivity index (χ0n) is 9.65. The summed E-state index contributed by atoms with van der Waals surface area (Å²) in [7, 11) is 0. The molecule has 0 aromatic heterocycles. The molecule has 3 heteroatoms. The molecule has 0 saturated carbocycles. The van der Waals surface area contributed by atoms with E-state index in [0.717, 1.165) is 11.1 Å². The summed E-state index contributed by atoms with van der Waals surface area (Å²) < 4.78 is 18.6. The first kappa shape index (κ1) is 11.0. The van der Waals surface area contributed by atoms with Gasteiger partial charge in [0.25, 0.3) is 0 Å². The molecule has 0 unspecified atom stereocenters. The molecular weight excluding hydrogens is 231 g/mol. The quantitative estimate of drug-likeness (QED) is 0.765. The predicted molar refractivity (Wildman–Crippen MR) is 66.3 cm³/mol. The molecule has 2 aromatic rings. The van der Waals surface area contributed by atoms with Crippen molar-refractivity contribution in [3.8, 4) is 16.9 Å². The Balaban J connectivity index is 2.07. The molecule has 0 spiro atoms. The molecule has 0 fully saturated rings. The maximum Gasteiger partial charge on any atom is 0.169 e. The van der Waals surface area contributed by atoms with Crippen molar-refractivity contribution >= 4 is 5.78 Å². The van der Waals surface area contributed by atoms with Crippen molar-refractivity contribution in [2.45, 2.75) is 6.42 Å². The third kappa shape index (κ3) is 1.88. The summed E-state index contributed by atoms with van der Waals surface area (Å²) in [6.45, 7) is 0.415. The van der Waals surface area contributed by atoms with Crippen LogP contribution in [0.2, 0.25) is 0 Å². The van der Waals surface area contributed by atoms with E-state index in [1.165, 1.54) is 12.1 Å². The highest BCUT2D eigenvalue weighted by Gasteiger charge is 2.18. The van der Waals surface area contributed by atoms with Crippen LogP contribution in [0.5, 0.6) is 5.75 Å². The molecule has 0 atom stereocenters. The van der Waals surface area contributed by atoms with Crippen LogP contribution in [0, 0.1) is 5.82 Å². The SMILES string of the molecule is O=C1CCOc2cc(-c3cccc(F)c3)ccc21. The number of carbonyl (C=O) groups is 1. The molecule has 0 N–H and O–H groups in total. The minimum Gasteiger partial charge on any atom is -0.492 e. The summed E-state index contributed by atoms with van der Waals surface area (Å²) in [5.41, 5.74) is 2.24. The lowest BCUT2D eigenvalue weighted by Gasteiger charge is -2.17. The van der Waals surface area contributed by atoms with E-state index in [0.29, 0.717) is 24.3 Å². The Morgan fingerprint density at radius 1 is 1.06 bits per heavy atom. The molecule has 1 aliphatic rings. The van der Waals surface area contributed by atoms with Crippen LogP contribution in [0.4, 0.5) is 4.39 Å². The van der Waals surface area contributed by atoms with E-state index >= 15 is 0 Å². The summed E-state index contributed by atoms with van der Waals surface area (Å²) in [4.78, 5) is 11.6. The van der Waals surface area contributed by atoms with Gasteiger partial charge in [0.15, 0.2) is 5.78 Å². The number of halogens is 1. The number of fused-ring (bicyclic) bond motifs is 1. The highest BCUT2D eigenvalue weighted by Crippen LogP contribution is 2.30. The average Bonchev–Trinajstić information content (AvgIpc) is 2.39. The molecule has 0 amide bonds. The van der Waals surface area contributed by atoms with Crippen LogP contribution in [0.1, 0.15) is 16.8 Å². The number of benzene rings is 2. The highest BCUT2D eigenvalue weighted by atomic mass is 19.1. The first-order chi connectivity index (χ1) is 8.74. The topological polar surface area (TPSA) is 26.3 Å². The summed E-state index contributed by atoms with van der Waals surface area (Å²) in [6, 6.07) is 11.7. The summed E-state index contributed by atoms with van der Waals surface area (Å²) >= 11 is 0. The molecule has 18 heavy (non-hydrogen) atoms. The van der Waals surface area contributed by atoms with E-state index in [2.05, 4.69) is 0 Å². The second kappa shape index (κ2) is 4.26. The standard InChI is InChI=1S/C15H11FO2/c16-12-3-1-2-10(8-12)11-4-5-13-14(17)6-7-18-15(13)9-11/h1-5,8-9H,6-7H2. The van der Waals surface area contributed by atoms with Gasteiger partial charge in [0.2, 0.25) is 0 Å². The summed E-state index contributed by atoms with van der Waals surface area (Å²) in [5.74, 6) is 0.414. The van der Waals surface area contributed by atoms with Crippen molar-refractivity contribution < 1.29 is 13.9 Å². The van der Waals surface area contributed by atoms with E-state index < -0.39 is 0 Å². The second-order valence-electron chi connectivity index (χ2n) is 4.24. The van der Waals surface area contributed by atoms with Gasteiger partial charge in [-0.2, -0.15) is 0 Å². The highest BCUT2D eigenvalue weighted by molar-refractivity contribution is 6.00. The van der Waals surface area contributed by atoms with E-state index in [-0.39, 0.29) is 11.6 Å². The van der Waals surface area contributed by atoms with E-state index in [1.54, 1.807) is 18.2 Å². The first-order valence-corrected chi connectivity index (χ1v) is 5.80. The van der Waals surface area contributed by atoms with Gasteiger partial charge in [-0.3, -0.25) is 4.79 Å². The Kier molecular flexibility index (Phi) is 2.59. The van der Waals surface area contributed by atoms with Gasteiger partial charge < -0.3 is 4.74 Å². The maximum atomic E-state index is 13.2. The molecule has 0 saturated heterocycles. The molecular formula is C15H11FO2. The number of hydrogen-bond acceptors (Lipinski definition) is 2. The van der Waals surface area contributed by atoms with Gasteiger partial charge >= 0.3 is 0 Å².